The van der Waals surface area contributed by atoms with Gasteiger partial charge in [0.05, 0.1) is 10.0 Å². The summed E-state index contributed by atoms with van der Waals surface area (Å²) >= 11 is 5.40. The third-order valence-electron chi connectivity index (χ3n) is 1.57. The molecule has 0 radical (unpaired) electrons. The molecule has 0 atom stereocenters. The number of benzene rings is 1. The molecule has 0 spiro atoms. The Morgan fingerprint density at radius 3 is 1.88 bits per heavy atom. The van der Waals surface area contributed by atoms with Gasteiger partial charge in [0.15, 0.2) is 5.75 Å². The van der Waals surface area contributed by atoms with Gasteiger partial charge in [0.25, 0.3) is 0 Å². The Morgan fingerprint density at radius 2 is 1.47 bits per heavy atom. The molecule has 9 heteroatoms. The van der Waals surface area contributed by atoms with E-state index in [9.17, 15) is 26.3 Å². The summed E-state index contributed by atoms with van der Waals surface area (Å²) < 4.78 is 76.3. The molecular formula is C8H2Br2F6O. The van der Waals surface area contributed by atoms with Crippen molar-refractivity contribution in [2.75, 3.05) is 0 Å². The summed E-state index contributed by atoms with van der Waals surface area (Å²) in [5.41, 5.74) is -1.51. The van der Waals surface area contributed by atoms with Gasteiger partial charge < -0.3 is 4.74 Å². The molecule has 1 aromatic carbocycles. The van der Waals surface area contributed by atoms with E-state index in [1.165, 1.54) is 0 Å². The molecule has 0 saturated carbocycles. The Bertz CT molecular complexity index is 425. The van der Waals surface area contributed by atoms with Gasteiger partial charge in [-0.15, -0.1) is 13.2 Å². The molecular weight excluding hydrogens is 386 g/mol. The molecule has 0 aliphatic rings. The van der Waals surface area contributed by atoms with Gasteiger partial charge in [-0.1, -0.05) is 0 Å². The summed E-state index contributed by atoms with van der Waals surface area (Å²) in [4.78, 5) is 0. The first-order valence-electron chi connectivity index (χ1n) is 3.83. The van der Waals surface area contributed by atoms with Crippen LogP contribution in [0.4, 0.5) is 26.3 Å². The first-order chi connectivity index (χ1) is 7.52. The maximum atomic E-state index is 12.5. The topological polar surface area (TPSA) is 9.23 Å². The van der Waals surface area contributed by atoms with E-state index in [1.807, 2.05) is 0 Å². The van der Waals surface area contributed by atoms with Gasteiger partial charge in [-0.05, 0) is 44.0 Å². The lowest BCUT2D eigenvalue weighted by molar-refractivity contribution is -0.276. The van der Waals surface area contributed by atoms with Gasteiger partial charge in [-0.25, -0.2) is 0 Å². The summed E-state index contributed by atoms with van der Waals surface area (Å²) in [7, 11) is 0. The summed E-state index contributed by atoms with van der Waals surface area (Å²) in [5, 5.41) is 0. The average Bonchev–Trinajstić information content (AvgIpc) is 2.08. The average molecular weight is 388 g/mol. The molecule has 1 nitrogen and oxygen atoms in total. The molecule has 1 aromatic rings. The van der Waals surface area contributed by atoms with Crippen LogP contribution in [0.25, 0.3) is 0 Å². The van der Waals surface area contributed by atoms with Gasteiger partial charge in [0.1, 0.15) is 0 Å². The van der Waals surface area contributed by atoms with Crippen molar-refractivity contribution in [3.63, 3.8) is 0 Å². The summed E-state index contributed by atoms with van der Waals surface area (Å²) in [5.74, 6) is -1.32. The second kappa shape index (κ2) is 4.68. The Balaban J connectivity index is 3.37. The number of hydrogen-bond donors (Lipinski definition) is 0. The molecule has 0 heterocycles. The third kappa shape index (κ3) is 3.77. The van der Waals surface area contributed by atoms with E-state index in [-0.39, 0.29) is 4.47 Å². The zero-order valence-electron chi connectivity index (χ0n) is 7.59. The number of rotatable bonds is 1. The predicted octanol–water partition coefficient (Wildman–Crippen LogP) is 5.13. The van der Waals surface area contributed by atoms with E-state index in [1.54, 1.807) is 0 Å². The van der Waals surface area contributed by atoms with E-state index < -0.39 is 28.3 Å². The predicted molar refractivity (Wildman–Crippen MR) is 53.5 cm³/mol. The van der Waals surface area contributed by atoms with Crippen LogP contribution in [0.15, 0.2) is 21.1 Å². The molecule has 0 aliphatic carbocycles. The quantitative estimate of drug-likeness (QED) is 0.607. The SMILES string of the molecule is FC(F)(F)Oc1c(C(F)(F)F)ccc(Br)c1Br. The maximum absolute atomic E-state index is 12.5. The largest absolute Gasteiger partial charge is 0.573 e. The summed E-state index contributed by atoms with van der Waals surface area (Å²) in [6, 6.07) is 1.46. The van der Waals surface area contributed by atoms with Crippen LogP contribution in [0, 0.1) is 0 Å². The van der Waals surface area contributed by atoms with E-state index in [4.69, 9.17) is 0 Å². The van der Waals surface area contributed by atoms with Crippen molar-refractivity contribution in [2.24, 2.45) is 0 Å². The van der Waals surface area contributed by atoms with Crippen LogP contribution < -0.4 is 4.74 Å². The second-order valence-corrected chi connectivity index (χ2v) is 4.43. The first-order valence-corrected chi connectivity index (χ1v) is 5.42. The highest BCUT2D eigenvalue weighted by Gasteiger charge is 2.40. The summed E-state index contributed by atoms with van der Waals surface area (Å²) in [6.07, 6.45) is -10.1. The number of hydrogen-bond acceptors (Lipinski definition) is 1. The van der Waals surface area contributed by atoms with Crippen LogP contribution >= 0.6 is 31.9 Å². The fourth-order valence-corrected chi connectivity index (χ4v) is 1.71. The van der Waals surface area contributed by atoms with Crippen LogP contribution in [-0.2, 0) is 6.18 Å². The Labute approximate surface area is 108 Å². The monoisotopic (exact) mass is 386 g/mol. The highest BCUT2D eigenvalue weighted by Crippen LogP contribution is 2.45. The van der Waals surface area contributed by atoms with E-state index in [2.05, 4.69) is 36.6 Å². The molecule has 0 aliphatic heterocycles. The number of ether oxygens (including phenoxy) is 1. The van der Waals surface area contributed by atoms with Crippen molar-refractivity contribution in [3.05, 3.63) is 26.6 Å². The smallest absolute Gasteiger partial charge is 0.404 e. The molecule has 1 rings (SSSR count). The Hall–Kier alpha value is -0.440. The molecule has 0 aromatic heterocycles. The lowest BCUT2D eigenvalue weighted by Crippen LogP contribution is -2.20. The molecule has 0 bridgehead atoms. The van der Waals surface area contributed by atoms with Crippen molar-refractivity contribution in [1.82, 2.24) is 0 Å². The van der Waals surface area contributed by atoms with Crippen molar-refractivity contribution in [1.29, 1.82) is 0 Å². The Kier molecular flexibility index (Phi) is 4.02. The molecule has 0 fully saturated rings. The van der Waals surface area contributed by atoms with Crippen molar-refractivity contribution >= 4 is 31.9 Å². The minimum absolute atomic E-state index is 0.0183. The second-order valence-electron chi connectivity index (χ2n) is 2.78. The van der Waals surface area contributed by atoms with Crippen LogP contribution in [0.2, 0.25) is 0 Å². The van der Waals surface area contributed by atoms with Crippen LogP contribution in [-0.4, -0.2) is 6.36 Å². The number of alkyl halides is 6. The molecule has 0 amide bonds. The minimum atomic E-state index is -5.21. The Morgan fingerprint density at radius 1 is 0.941 bits per heavy atom. The van der Waals surface area contributed by atoms with E-state index in [0.717, 1.165) is 6.07 Å². The van der Waals surface area contributed by atoms with Gasteiger partial charge in [-0.3, -0.25) is 0 Å². The fraction of sp³-hybridized carbons (Fsp3) is 0.250. The third-order valence-corrected chi connectivity index (χ3v) is 3.55. The lowest BCUT2D eigenvalue weighted by atomic mass is 10.2. The number of halogens is 8. The first kappa shape index (κ1) is 14.6. The van der Waals surface area contributed by atoms with Crippen molar-refractivity contribution in [2.45, 2.75) is 12.5 Å². The zero-order valence-corrected chi connectivity index (χ0v) is 10.8. The van der Waals surface area contributed by atoms with E-state index >= 15 is 0 Å². The zero-order chi connectivity index (χ0) is 13.4. The maximum Gasteiger partial charge on any atom is 0.573 e. The molecule has 0 N–H and O–H groups in total. The standard InChI is InChI=1S/C8H2Br2F6O/c9-4-2-1-3(7(11,12)13)6(5(4)10)17-8(14,15)16/h1-2H. The van der Waals surface area contributed by atoms with Crippen LogP contribution in [0.3, 0.4) is 0 Å². The van der Waals surface area contributed by atoms with Crippen molar-refractivity contribution in [3.8, 4) is 5.75 Å². The van der Waals surface area contributed by atoms with Crippen LogP contribution in [0.1, 0.15) is 5.56 Å². The van der Waals surface area contributed by atoms with E-state index in [0.29, 0.717) is 6.07 Å². The fourth-order valence-electron chi connectivity index (χ4n) is 0.971. The molecule has 96 valence electrons. The molecule has 0 unspecified atom stereocenters. The minimum Gasteiger partial charge on any atom is -0.404 e. The highest BCUT2D eigenvalue weighted by molar-refractivity contribution is 9.13. The molecule has 0 saturated heterocycles. The molecule has 17 heavy (non-hydrogen) atoms. The van der Waals surface area contributed by atoms with Crippen molar-refractivity contribution < 1.29 is 31.1 Å². The normalized spacial score (nSPS) is 12.7. The lowest BCUT2D eigenvalue weighted by Gasteiger charge is -2.17. The van der Waals surface area contributed by atoms with Gasteiger partial charge in [-0.2, -0.15) is 13.2 Å². The van der Waals surface area contributed by atoms with Gasteiger partial charge in [0.2, 0.25) is 0 Å². The summed E-state index contributed by atoms with van der Waals surface area (Å²) in [6.45, 7) is 0. The van der Waals surface area contributed by atoms with Gasteiger partial charge in [0, 0.05) is 4.47 Å². The van der Waals surface area contributed by atoms with Gasteiger partial charge >= 0.3 is 12.5 Å². The highest BCUT2D eigenvalue weighted by atomic mass is 79.9. The van der Waals surface area contributed by atoms with Crippen LogP contribution in [0.5, 0.6) is 5.75 Å².